The number of rotatable bonds is 5. The molecule has 37 heavy (non-hydrogen) atoms. The van der Waals surface area contributed by atoms with Crippen molar-refractivity contribution in [3.05, 3.63) is 58.7 Å². The molecule has 196 valence electrons. The van der Waals surface area contributed by atoms with Crippen LogP contribution in [-0.4, -0.2) is 18.4 Å². The predicted molar refractivity (Wildman–Crippen MR) is 155 cm³/mol. The van der Waals surface area contributed by atoms with Crippen LogP contribution >= 0.6 is 7.14 Å². The van der Waals surface area contributed by atoms with Gasteiger partial charge in [0.05, 0.1) is 20.3 Å². The molecule has 3 aromatic rings. The van der Waals surface area contributed by atoms with Crippen LogP contribution in [0.2, 0.25) is 0 Å². The lowest BCUT2D eigenvalue weighted by Crippen LogP contribution is -2.33. The van der Waals surface area contributed by atoms with Crippen LogP contribution in [0.15, 0.2) is 36.4 Å². The normalized spacial score (nSPS) is 19.3. The van der Waals surface area contributed by atoms with Crippen molar-refractivity contribution in [3.63, 3.8) is 0 Å². The molecule has 2 fully saturated rings. The molecule has 0 saturated heterocycles. The quantitative estimate of drug-likeness (QED) is 0.318. The van der Waals surface area contributed by atoms with Gasteiger partial charge in [0.2, 0.25) is 0 Å². The minimum absolute atomic E-state index is 0.294. The summed E-state index contributed by atoms with van der Waals surface area (Å²) >= 11 is 0. The standard InChI is InChI=1S/C33H41O3P/c1-22-28-20-36-21-29(28)23(2)33(31(22)32-27-17-11-10-12-24(27)18-19-30(32)35-3)37(34,25-13-6-4-7-14-25)26-15-8-5-9-16-26/h10-12,17-19,25-26H,4-9,13-16,20-21H2,1-3H3. The van der Waals surface area contributed by atoms with E-state index in [-0.39, 0.29) is 0 Å². The molecule has 0 bridgehead atoms. The van der Waals surface area contributed by atoms with Gasteiger partial charge in [-0.05, 0) is 78.6 Å². The van der Waals surface area contributed by atoms with Crippen molar-refractivity contribution in [2.24, 2.45) is 0 Å². The second kappa shape index (κ2) is 10.2. The monoisotopic (exact) mass is 516 g/mol. The molecule has 3 aromatic carbocycles. The highest BCUT2D eigenvalue weighted by atomic mass is 31.2. The molecule has 0 radical (unpaired) electrons. The minimum atomic E-state index is -2.74. The summed E-state index contributed by atoms with van der Waals surface area (Å²) in [6.45, 7) is 5.78. The SMILES string of the molecule is COc1ccc2ccccc2c1-c1c(C)c2c(c(C)c1P(=O)(C1CCCCC1)C1CCCCC1)COC2. The molecular formula is C33H41O3P. The number of hydrogen-bond acceptors (Lipinski definition) is 3. The van der Waals surface area contributed by atoms with Crippen LogP contribution in [0.25, 0.3) is 21.9 Å². The minimum Gasteiger partial charge on any atom is -0.496 e. The van der Waals surface area contributed by atoms with E-state index in [2.05, 4.69) is 50.2 Å². The molecule has 0 aromatic heterocycles. The van der Waals surface area contributed by atoms with E-state index in [4.69, 9.17) is 9.47 Å². The number of fused-ring (bicyclic) bond motifs is 2. The summed E-state index contributed by atoms with van der Waals surface area (Å²) in [6.07, 6.45) is 11.8. The molecule has 2 saturated carbocycles. The van der Waals surface area contributed by atoms with E-state index in [1.54, 1.807) is 7.11 Å². The third kappa shape index (κ3) is 4.09. The molecule has 0 N–H and O–H groups in total. The Morgan fingerprint density at radius 1 is 0.757 bits per heavy atom. The Kier molecular flexibility index (Phi) is 6.97. The smallest absolute Gasteiger partial charge is 0.127 e. The zero-order valence-electron chi connectivity index (χ0n) is 22.8. The third-order valence-electron chi connectivity index (χ3n) is 9.67. The van der Waals surface area contributed by atoms with E-state index in [1.807, 2.05) is 0 Å². The summed E-state index contributed by atoms with van der Waals surface area (Å²) in [5, 5.41) is 3.56. The average molecular weight is 517 g/mol. The highest BCUT2D eigenvalue weighted by Gasteiger charge is 2.46. The molecule has 6 rings (SSSR count). The first-order chi connectivity index (χ1) is 18.1. The lowest BCUT2D eigenvalue weighted by Gasteiger charge is -2.41. The summed E-state index contributed by atoms with van der Waals surface area (Å²) in [7, 11) is -0.970. The van der Waals surface area contributed by atoms with Crippen molar-refractivity contribution in [3.8, 4) is 16.9 Å². The molecule has 0 amide bonds. The van der Waals surface area contributed by atoms with Crippen molar-refractivity contribution in [2.75, 3.05) is 7.11 Å². The van der Waals surface area contributed by atoms with Gasteiger partial charge in [0.15, 0.2) is 0 Å². The third-order valence-corrected chi connectivity index (χ3v) is 14.1. The Labute approximate surface area is 222 Å². The summed E-state index contributed by atoms with van der Waals surface area (Å²) < 4.78 is 28.3. The van der Waals surface area contributed by atoms with E-state index in [0.29, 0.717) is 24.5 Å². The molecular weight excluding hydrogens is 475 g/mol. The maximum Gasteiger partial charge on any atom is 0.127 e. The summed E-state index contributed by atoms with van der Waals surface area (Å²) in [5.41, 5.74) is 7.97. The number of benzene rings is 3. The molecule has 0 spiro atoms. The van der Waals surface area contributed by atoms with Gasteiger partial charge in [0.25, 0.3) is 0 Å². The Morgan fingerprint density at radius 3 is 1.97 bits per heavy atom. The topological polar surface area (TPSA) is 35.5 Å². The van der Waals surface area contributed by atoms with Crippen molar-refractivity contribution in [2.45, 2.75) is 103 Å². The number of methoxy groups -OCH3 is 1. The molecule has 0 unspecified atom stereocenters. The van der Waals surface area contributed by atoms with E-state index < -0.39 is 7.14 Å². The lowest BCUT2D eigenvalue weighted by atomic mass is 9.88. The van der Waals surface area contributed by atoms with Crippen LogP contribution < -0.4 is 10.0 Å². The van der Waals surface area contributed by atoms with Gasteiger partial charge in [-0.25, -0.2) is 0 Å². The molecule has 3 nitrogen and oxygen atoms in total. The van der Waals surface area contributed by atoms with Crippen molar-refractivity contribution >= 4 is 23.2 Å². The van der Waals surface area contributed by atoms with Crippen LogP contribution in [0.3, 0.4) is 0 Å². The summed E-state index contributed by atoms with van der Waals surface area (Å²) in [4.78, 5) is 0. The molecule has 1 heterocycles. The molecule has 0 atom stereocenters. The first kappa shape index (κ1) is 25.2. The maximum absolute atomic E-state index is 16.1. The van der Waals surface area contributed by atoms with Gasteiger partial charge < -0.3 is 14.0 Å². The highest BCUT2D eigenvalue weighted by Crippen LogP contribution is 2.64. The predicted octanol–water partition coefficient (Wildman–Crippen LogP) is 8.82. The first-order valence-corrected chi connectivity index (χ1v) is 16.3. The Hall–Kier alpha value is -2.09. The van der Waals surface area contributed by atoms with Crippen molar-refractivity contribution in [1.29, 1.82) is 0 Å². The van der Waals surface area contributed by atoms with E-state index in [1.165, 1.54) is 82.4 Å². The van der Waals surface area contributed by atoms with Crippen molar-refractivity contribution < 1.29 is 14.0 Å². The van der Waals surface area contributed by atoms with E-state index >= 15 is 4.57 Å². The van der Waals surface area contributed by atoms with Gasteiger partial charge in [-0.3, -0.25) is 0 Å². The second-order valence-corrected chi connectivity index (χ2v) is 14.9. The van der Waals surface area contributed by atoms with Gasteiger partial charge in [-0.15, -0.1) is 0 Å². The fourth-order valence-corrected chi connectivity index (χ4v) is 12.7. The summed E-state index contributed by atoms with van der Waals surface area (Å²) in [5.74, 6) is 0.875. The zero-order chi connectivity index (χ0) is 25.6. The molecule has 4 heteroatoms. The zero-order valence-corrected chi connectivity index (χ0v) is 23.7. The summed E-state index contributed by atoms with van der Waals surface area (Å²) in [6, 6.07) is 12.9. The Balaban J connectivity index is 1.73. The van der Waals surface area contributed by atoms with E-state index in [9.17, 15) is 0 Å². The highest BCUT2D eigenvalue weighted by molar-refractivity contribution is 7.73. The average Bonchev–Trinajstić information content (AvgIpc) is 3.46. The Morgan fingerprint density at radius 2 is 1.35 bits per heavy atom. The van der Waals surface area contributed by atoms with E-state index in [0.717, 1.165) is 37.0 Å². The van der Waals surface area contributed by atoms with Crippen molar-refractivity contribution in [1.82, 2.24) is 0 Å². The maximum atomic E-state index is 16.1. The first-order valence-electron chi connectivity index (χ1n) is 14.4. The van der Waals surface area contributed by atoms with Gasteiger partial charge in [0.1, 0.15) is 12.9 Å². The van der Waals surface area contributed by atoms with Crippen LogP contribution in [0.1, 0.15) is 86.5 Å². The lowest BCUT2D eigenvalue weighted by molar-refractivity contribution is 0.134. The van der Waals surface area contributed by atoms with Crippen LogP contribution in [0.5, 0.6) is 5.75 Å². The van der Waals surface area contributed by atoms with Gasteiger partial charge >= 0.3 is 0 Å². The largest absolute Gasteiger partial charge is 0.496 e. The van der Waals surface area contributed by atoms with Crippen LogP contribution in [-0.2, 0) is 22.5 Å². The fourth-order valence-electron chi connectivity index (χ4n) is 7.77. The van der Waals surface area contributed by atoms with Gasteiger partial charge in [-0.1, -0.05) is 68.9 Å². The molecule has 2 aliphatic carbocycles. The fraction of sp³-hybridized carbons (Fsp3) is 0.515. The molecule has 3 aliphatic rings. The Bertz CT molecular complexity index is 1340. The second-order valence-electron chi connectivity index (χ2n) is 11.6. The van der Waals surface area contributed by atoms with Crippen LogP contribution in [0, 0.1) is 13.8 Å². The number of ether oxygens (including phenoxy) is 2. The van der Waals surface area contributed by atoms with Gasteiger partial charge in [-0.2, -0.15) is 0 Å². The van der Waals surface area contributed by atoms with Crippen LogP contribution in [0.4, 0.5) is 0 Å². The number of hydrogen-bond donors (Lipinski definition) is 0. The van der Waals surface area contributed by atoms with Gasteiger partial charge in [0, 0.05) is 27.7 Å². The molecule has 1 aliphatic heterocycles.